The number of unbranched alkanes of at least 4 members (excludes halogenated alkanes) is 24. The first kappa shape index (κ1) is 54.9. The Hall–Kier alpha value is -2.16. The van der Waals surface area contributed by atoms with Crippen LogP contribution in [0.5, 0.6) is 0 Å². The van der Waals surface area contributed by atoms with Crippen molar-refractivity contribution in [3.63, 3.8) is 0 Å². The van der Waals surface area contributed by atoms with Crippen LogP contribution in [0.25, 0.3) is 0 Å². The molecule has 1 aliphatic heterocycles. The predicted molar refractivity (Wildman–Crippen MR) is 241 cm³/mol. The summed E-state index contributed by atoms with van der Waals surface area (Å²) in [4.78, 5) is 52.3. The maximum absolute atomic E-state index is 13.2. The summed E-state index contributed by atoms with van der Waals surface area (Å²) in [6.45, 7) is 10.6. The molecule has 1 saturated heterocycles. The van der Waals surface area contributed by atoms with Crippen molar-refractivity contribution in [2.24, 2.45) is 0 Å². The fraction of sp³-hybridized carbons (Fsp3) is 0.920. The summed E-state index contributed by atoms with van der Waals surface area (Å²) < 4.78 is 22.8. The molecule has 0 amide bonds. The highest BCUT2D eigenvalue weighted by atomic mass is 16.6. The van der Waals surface area contributed by atoms with Crippen LogP contribution in [-0.2, 0) is 38.1 Å². The minimum Gasteiger partial charge on any atom is -0.466 e. The summed E-state index contributed by atoms with van der Waals surface area (Å²) >= 11 is 0. The van der Waals surface area contributed by atoms with Gasteiger partial charge in [-0.25, -0.2) is 0 Å². The Labute approximate surface area is 362 Å². The van der Waals surface area contributed by atoms with Gasteiger partial charge in [0.2, 0.25) is 0 Å². The van der Waals surface area contributed by atoms with Crippen molar-refractivity contribution in [3.8, 4) is 0 Å². The van der Waals surface area contributed by atoms with Gasteiger partial charge in [0.15, 0.2) is 0 Å². The first-order chi connectivity index (χ1) is 28.8. The average molecular weight is 836 g/mol. The summed E-state index contributed by atoms with van der Waals surface area (Å²) in [6, 6.07) is -0.428. The van der Waals surface area contributed by atoms with Crippen molar-refractivity contribution in [2.45, 2.75) is 271 Å². The summed E-state index contributed by atoms with van der Waals surface area (Å²) in [6.07, 6.45) is 36.6. The number of hydrogen-bond donors (Lipinski definition) is 0. The monoisotopic (exact) mass is 836 g/mol. The number of likely N-dealkylation sites (tertiary alicyclic amines) is 1. The molecule has 0 saturated carbocycles. The molecule has 0 aromatic heterocycles. The van der Waals surface area contributed by atoms with Crippen molar-refractivity contribution < 1.29 is 38.1 Å². The molecule has 59 heavy (non-hydrogen) atoms. The first-order valence-corrected chi connectivity index (χ1v) is 25.3. The highest BCUT2D eigenvalue weighted by Gasteiger charge is 2.39. The molecule has 0 radical (unpaired) electrons. The Morgan fingerprint density at radius 1 is 0.492 bits per heavy atom. The van der Waals surface area contributed by atoms with Crippen molar-refractivity contribution in [1.82, 2.24) is 4.90 Å². The molecule has 2 atom stereocenters. The Morgan fingerprint density at radius 3 is 1.46 bits per heavy atom. The van der Waals surface area contributed by atoms with Crippen LogP contribution in [0.2, 0.25) is 0 Å². The predicted octanol–water partition coefficient (Wildman–Crippen LogP) is 13.3. The third-order valence-corrected chi connectivity index (χ3v) is 11.9. The summed E-state index contributed by atoms with van der Waals surface area (Å²) in [5, 5.41) is 0. The third kappa shape index (κ3) is 32.3. The molecule has 0 aliphatic carbocycles. The van der Waals surface area contributed by atoms with E-state index in [4.69, 9.17) is 18.9 Å². The minimum absolute atomic E-state index is 0.0490. The van der Waals surface area contributed by atoms with E-state index in [0.717, 1.165) is 89.9 Å². The smallest absolute Gasteiger partial charge is 0.323 e. The maximum Gasteiger partial charge on any atom is 0.323 e. The standard InChI is InChI=1S/C50H93NO8/c1-5-9-12-15-18-19-20-25-33-40-56-48(53)37-31-27-32-39-51-43-45(59-47(52)8-4)42-46(51)50(55)57-41-34-26-21-24-30-38-49(54)58-44(35-28-22-16-13-10-6-2)36-29-23-17-14-11-7-3/h44-46H,5-43H2,1-4H3/t45?,46-/m0/s1. The molecule has 0 aromatic rings. The second-order valence-electron chi connectivity index (χ2n) is 17.5. The molecule has 9 nitrogen and oxygen atoms in total. The van der Waals surface area contributed by atoms with Gasteiger partial charge in [-0.1, -0.05) is 169 Å². The Balaban J connectivity index is 2.29. The fourth-order valence-electron chi connectivity index (χ4n) is 8.12. The summed E-state index contributed by atoms with van der Waals surface area (Å²) in [5.74, 6) is -0.673. The fourth-order valence-corrected chi connectivity index (χ4v) is 8.12. The summed E-state index contributed by atoms with van der Waals surface area (Å²) in [7, 11) is 0. The lowest BCUT2D eigenvalue weighted by atomic mass is 10.0. The highest BCUT2D eigenvalue weighted by Crippen LogP contribution is 2.24. The number of hydrogen-bond acceptors (Lipinski definition) is 9. The largest absolute Gasteiger partial charge is 0.466 e. The zero-order valence-corrected chi connectivity index (χ0v) is 39.0. The molecule has 0 aromatic carbocycles. The van der Waals surface area contributed by atoms with Gasteiger partial charge in [-0.2, -0.15) is 0 Å². The van der Waals surface area contributed by atoms with Gasteiger partial charge in [-0.3, -0.25) is 24.1 Å². The quantitative estimate of drug-likeness (QED) is 0.0337. The number of rotatable bonds is 42. The molecule has 0 N–H and O–H groups in total. The third-order valence-electron chi connectivity index (χ3n) is 11.9. The van der Waals surface area contributed by atoms with E-state index in [0.29, 0.717) is 52.0 Å². The topological polar surface area (TPSA) is 108 Å². The zero-order valence-electron chi connectivity index (χ0n) is 39.0. The van der Waals surface area contributed by atoms with E-state index in [1.165, 1.54) is 109 Å². The van der Waals surface area contributed by atoms with Crippen LogP contribution in [0.1, 0.15) is 252 Å². The van der Waals surface area contributed by atoms with Crippen molar-refractivity contribution in [2.75, 3.05) is 26.3 Å². The van der Waals surface area contributed by atoms with Crippen LogP contribution in [-0.4, -0.2) is 73.3 Å². The van der Waals surface area contributed by atoms with Gasteiger partial charge in [0, 0.05) is 32.2 Å². The van der Waals surface area contributed by atoms with Crippen LogP contribution in [0, 0.1) is 0 Å². The zero-order chi connectivity index (χ0) is 43.0. The molecule has 1 fully saturated rings. The Morgan fingerprint density at radius 2 is 0.932 bits per heavy atom. The van der Waals surface area contributed by atoms with Crippen molar-refractivity contribution in [1.29, 1.82) is 0 Å². The lowest BCUT2D eigenvalue weighted by molar-refractivity contribution is -0.151. The Bertz CT molecular complexity index is 1000. The molecular formula is C50H93NO8. The molecule has 346 valence electrons. The lowest BCUT2D eigenvalue weighted by Crippen LogP contribution is -2.38. The SMILES string of the molecule is CCCCCCCCCCCOC(=O)CCCCCN1CC(OC(=O)CC)C[C@H]1C(=O)OCCCCCCCC(=O)OC(CCCCCCCC)CCCCCCCC. The normalized spacial score (nSPS) is 15.5. The second-order valence-corrected chi connectivity index (χ2v) is 17.5. The number of esters is 4. The average Bonchev–Trinajstić information content (AvgIpc) is 3.63. The Kier molecular flexibility index (Phi) is 37.1. The van der Waals surface area contributed by atoms with Crippen LogP contribution in [0.3, 0.4) is 0 Å². The second kappa shape index (κ2) is 39.9. The lowest BCUT2D eigenvalue weighted by Gasteiger charge is -2.22. The van der Waals surface area contributed by atoms with E-state index in [1.54, 1.807) is 6.92 Å². The molecule has 9 heteroatoms. The van der Waals surface area contributed by atoms with E-state index >= 15 is 0 Å². The van der Waals surface area contributed by atoms with E-state index in [-0.39, 0.29) is 36.1 Å². The van der Waals surface area contributed by atoms with Gasteiger partial charge < -0.3 is 18.9 Å². The van der Waals surface area contributed by atoms with Gasteiger partial charge in [0.25, 0.3) is 0 Å². The molecule has 1 heterocycles. The molecule has 1 aliphatic rings. The van der Waals surface area contributed by atoms with Gasteiger partial charge in [0.05, 0.1) is 13.2 Å². The van der Waals surface area contributed by atoms with Crippen molar-refractivity contribution in [3.05, 3.63) is 0 Å². The first-order valence-electron chi connectivity index (χ1n) is 25.3. The summed E-state index contributed by atoms with van der Waals surface area (Å²) in [5.41, 5.74) is 0. The number of nitrogens with zero attached hydrogens (tertiary/aromatic N) is 1. The number of carbonyl (C=O) groups is 4. The van der Waals surface area contributed by atoms with Gasteiger partial charge in [-0.15, -0.1) is 0 Å². The minimum atomic E-state index is -0.428. The van der Waals surface area contributed by atoms with Crippen LogP contribution in [0.15, 0.2) is 0 Å². The van der Waals surface area contributed by atoms with Gasteiger partial charge >= 0.3 is 23.9 Å². The van der Waals surface area contributed by atoms with Crippen LogP contribution < -0.4 is 0 Å². The van der Waals surface area contributed by atoms with Gasteiger partial charge in [0.1, 0.15) is 18.2 Å². The number of ether oxygens (including phenoxy) is 4. The van der Waals surface area contributed by atoms with Crippen molar-refractivity contribution >= 4 is 23.9 Å². The van der Waals surface area contributed by atoms with Crippen LogP contribution >= 0.6 is 0 Å². The van der Waals surface area contributed by atoms with E-state index in [9.17, 15) is 19.2 Å². The van der Waals surface area contributed by atoms with E-state index < -0.39 is 6.04 Å². The molecular weight excluding hydrogens is 743 g/mol. The van der Waals surface area contributed by atoms with E-state index in [2.05, 4.69) is 25.7 Å². The van der Waals surface area contributed by atoms with Crippen LogP contribution in [0.4, 0.5) is 0 Å². The molecule has 1 unspecified atom stereocenters. The number of carbonyl (C=O) groups excluding carboxylic acids is 4. The van der Waals surface area contributed by atoms with E-state index in [1.807, 2.05) is 0 Å². The molecule has 0 bridgehead atoms. The maximum atomic E-state index is 13.2. The van der Waals surface area contributed by atoms with Gasteiger partial charge in [-0.05, 0) is 64.3 Å². The molecule has 1 rings (SSSR count). The highest BCUT2D eigenvalue weighted by molar-refractivity contribution is 5.76. The molecule has 0 spiro atoms.